The zero-order valence-corrected chi connectivity index (χ0v) is 13.7. The van der Waals surface area contributed by atoms with E-state index in [9.17, 15) is 31.1 Å². The molecule has 0 radical (unpaired) electrons. The summed E-state index contributed by atoms with van der Waals surface area (Å²) in [5.74, 6) is -0.695. The lowest BCUT2D eigenvalue weighted by atomic mass is 10.1. The number of nitrogens with zero attached hydrogens (tertiary/aromatic N) is 2. The molecule has 0 bridgehead atoms. The number of hydrogen-bond acceptors (Lipinski definition) is 3. The Balaban J connectivity index is 1.74. The van der Waals surface area contributed by atoms with E-state index in [1.807, 2.05) is 0 Å². The summed E-state index contributed by atoms with van der Waals surface area (Å²) in [6.07, 6.45) is -8.15. The van der Waals surface area contributed by atoms with Gasteiger partial charge in [0.25, 0.3) is 5.91 Å². The van der Waals surface area contributed by atoms with Crippen LogP contribution in [-0.2, 0) is 19.3 Å². The van der Waals surface area contributed by atoms with Crippen molar-refractivity contribution in [2.24, 2.45) is 0 Å². The quantitative estimate of drug-likeness (QED) is 0.800. The van der Waals surface area contributed by atoms with Gasteiger partial charge in [-0.05, 0) is 29.3 Å². The highest BCUT2D eigenvalue weighted by Crippen LogP contribution is 2.32. The summed E-state index contributed by atoms with van der Waals surface area (Å²) in [6, 6.07) is 6.47. The number of amides is 1. The number of fused-ring (bicyclic) bond motifs is 1. The van der Waals surface area contributed by atoms with Gasteiger partial charge in [-0.1, -0.05) is 12.1 Å². The molecule has 27 heavy (non-hydrogen) atoms. The van der Waals surface area contributed by atoms with E-state index >= 15 is 0 Å². The fourth-order valence-corrected chi connectivity index (χ4v) is 2.86. The maximum atomic E-state index is 12.6. The number of nitrogens with one attached hydrogen (secondary N) is 1. The molecule has 1 aliphatic heterocycles. The topological polar surface area (TPSA) is 45.2 Å². The molecule has 0 fully saturated rings. The van der Waals surface area contributed by atoms with Gasteiger partial charge in [0.15, 0.2) is 0 Å². The van der Waals surface area contributed by atoms with E-state index in [0.717, 1.165) is 12.3 Å². The average Bonchev–Trinajstić information content (AvgIpc) is 2.95. The van der Waals surface area contributed by atoms with Gasteiger partial charge in [0.2, 0.25) is 0 Å². The van der Waals surface area contributed by atoms with Gasteiger partial charge in [-0.15, -0.1) is 0 Å². The molecule has 1 amide bonds. The van der Waals surface area contributed by atoms with Crippen LogP contribution in [0.15, 0.2) is 36.5 Å². The molecule has 0 spiro atoms. The van der Waals surface area contributed by atoms with E-state index in [-0.39, 0.29) is 18.7 Å². The van der Waals surface area contributed by atoms with Gasteiger partial charge in [-0.3, -0.25) is 14.7 Å². The van der Waals surface area contributed by atoms with Crippen molar-refractivity contribution >= 4 is 11.6 Å². The molecule has 0 atom stereocenters. The van der Waals surface area contributed by atoms with Gasteiger partial charge in [-0.2, -0.15) is 26.3 Å². The number of halogens is 6. The summed E-state index contributed by atoms with van der Waals surface area (Å²) in [7, 11) is 0. The molecule has 0 unspecified atom stereocenters. The number of carbonyl (C=O) groups is 1. The summed E-state index contributed by atoms with van der Waals surface area (Å²) < 4.78 is 75.3. The monoisotopic (exact) mass is 389 g/mol. The van der Waals surface area contributed by atoms with Gasteiger partial charge in [0, 0.05) is 25.0 Å². The fraction of sp³-hybridized carbons (Fsp3) is 0.294. The van der Waals surface area contributed by atoms with Crippen LogP contribution >= 0.6 is 0 Å². The smallest absolute Gasteiger partial charge is 0.322 e. The third kappa shape index (κ3) is 4.57. The zero-order chi connectivity index (χ0) is 19.8. The molecular formula is C17H13F6N3O. The second-order valence-corrected chi connectivity index (χ2v) is 6.09. The number of hydrogen-bond donors (Lipinski definition) is 1. The lowest BCUT2D eigenvalue weighted by molar-refractivity contribution is -0.147. The Morgan fingerprint density at radius 1 is 1.07 bits per heavy atom. The van der Waals surface area contributed by atoms with Crippen LogP contribution in [-0.4, -0.2) is 28.5 Å². The lowest BCUT2D eigenvalue weighted by Gasteiger charge is -2.17. The SMILES string of the molecule is O=C(Nc1cccc2c1CN(CC(F)(F)F)C2)c1ccc(C(F)(F)F)nc1. The fourth-order valence-electron chi connectivity index (χ4n) is 2.86. The predicted molar refractivity (Wildman–Crippen MR) is 83.8 cm³/mol. The van der Waals surface area contributed by atoms with Crippen LogP contribution in [0.2, 0.25) is 0 Å². The summed E-state index contributed by atoms with van der Waals surface area (Å²) in [5, 5.41) is 2.53. The van der Waals surface area contributed by atoms with E-state index in [4.69, 9.17) is 0 Å². The second-order valence-electron chi connectivity index (χ2n) is 6.09. The van der Waals surface area contributed by atoms with Crippen LogP contribution in [0, 0.1) is 0 Å². The molecule has 0 saturated carbocycles. The third-order valence-electron chi connectivity index (χ3n) is 4.02. The Bertz CT molecular complexity index is 845. The van der Waals surface area contributed by atoms with Crippen LogP contribution in [0.1, 0.15) is 27.2 Å². The molecule has 1 aromatic carbocycles. The first-order valence-electron chi connectivity index (χ1n) is 7.77. The van der Waals surface area contributed by atoms with Crippen LogP contribution in [0.25, 0.3) is 0 Å². The number of benzene rings is 1. The lowest BCUT2D eigenvalue weighted by Crippen LogP contribution is -2.30. The van der Waals surface area contributed by atoms with Crippen LogP contribution < -0.4 is 5.32 Å². The van der Waals surface area contributed by atoms with E-state index < -0.39 is 30.5 Å². The maximum absolute atomic E-state index is 12.6. The molecular weight excluding hydrogens is 376 g/mol. The zero-order valence-electron chi connectivity index (χ0n) is 13.7. The van der Waals surface area contributed by atoms with Gasteiger partial charge >= 0.3 is 12.4 Å². The number of aromatic nitrogens is 1. The molecule has 2 aromatic rings. The van der Waals surface area contributed by atoms with E-state index in [2.05, 4.69) is 10.3 Å². The summed E-state index contributed by atoms with van der Waals surface area (Å²) in [5.41, 5.74) is 0.313. The number of alkyl halides is 6. The molecule has 1 aliphatic rings. The van der Waals surface area contributed by atoms with Crippen molar-refractivity contribution < 1.29 is 31.1 Å². The Morgan fingerprint density at radius 3 is 2.41 bits per heavy atom. The Morgan fingerprint density at radius 2 is 1.81 bits per heavy atom. The first-order chi connectivity index (χ1) is 12.5. The third-order valence-corrected chi connectivity index (χ3v) is 4.02. The molecule has 0 aliphatic carbocycles. The minimum Gasteiger partial charge on any atom is -0.322 e. The Kier molecular flexibility index (Phi) is 4.85. The summed E-state index contributed by atoms with van der Waals surface area (Å²) in [4.78, 5) is 16.7. The highest BCUT2D eigenvalue weighted by atomic mass is 19.4. The first kappa shape index (κ1) is 19.2. The van der Waals surface area contributed by atoms with Crippen LogP contribution in [0.4, 0.5) is 32.0 Å². The molecule has 4 nitrogen and oxygen atoms in total. The first-order valence-corrected chi connectivity index (χ1v) is 7.77. The number of pyridine rings is 1. The molecule has 144 valence electrons. The van der Waals surface area contributed by atoms with Crippen molar-refractivity contribution in [3.63, 3.8) is 0 Å². The minimum absolute atomic E-state index is 0.0105. The van der Waals surface area contributed by atoms with Gasteiger partial charge in [0.05, 0.1) is 12.1 Å². The second kappa shape index (κ2) is 6.84. The van der Waals surface area contributed by atoms with E-state index in [1.165, 1.54) is 11.0 Å². The molecule has 3 rings (SSSR count). The highest BCUT2D eigenvalue weighted by Gasteiger charge is 2.34. The molecule has 1 N–H and O–H groups in total. The van der Waals surface area contributed by atoms with Crippen molar-refractivity contribution in [2.45, 2.75) is 25.4 Å². The van der Waals surface area contributed by atoms with Crippen molar-refractivity contribution in [1.82, 2.24) is 9.88 Å². The van der Waals surface area contributed by atoms with Gasteiger partial charge in [0.1, 0.15) is 5.69 Å². The van der Waals surface area contributed by atoms with Crippen LogP contribution in [0.5, 0.6) is 0 Å². The largest absolute Gasteiger partial charge is 0.433 e. The number of anilines is 1. The molecule has 1 aromatic heterocycles. The maximum Gasteiger partial charge on any atom is 0.433 e. The molecule has 0 saturated heterocycles. The van der Waals surface area contributed by atoms with Crippen molar-refractivity contribution in [2.75, 3.05) is 11.9 Å². The number of carbonyl (C=O) groups excluding carboxylic acids is 1. The minimum atomic E-state index is -4.61. The Hall–Kier alpha value is -2.62. The number of rotatable bonds is 3. The van der Waals surface area contributed by atoms with Gasteiger partial charge < -0.3 is 5.32 Å². The molecule has 10 heteroatoms. The summed E-state index contributed by atoms with van der Waals surface area (Å²) >= 11 is 0. The van der Waals surface area contributed by atoms with Crippen molar-refractivity contribution in [1.29, 1.82) is 0 Å². The van der Waals surface area contributed by atoms with E-state index in [0.29, 0.717) is 22.9 Å². The van der Waals surface area contributed by atoms with Crippen molar-refractivity contribution in [3.05, 3.63) is 58.9 Å². The highest BCUT2D eigenvalue weighted by molar-refractivity contribution is 6.04. The molecule has 2 heterocycles. The van der Waals surface area contributed by atoms with Gasteiger partial charge in [-0.25, -0.2) is 0 Å². The Labute approximate surface area is 149 Å². The van der Waals surface area contributed by atoms with Crippen molar-refractivity contribution in [3.8, 4) is 0 Å². The normalized spacial score (nSPS) is 14.9. The standard InChI is InChI=1S/C17H13F6N3O/c18-16(19,20)9-26-7-11-2-1-3-13(12(11)8-26)25-15(27)10-4-5-14(24-6-10)17(21,22)23/h1-6H,7-9H2,(H,25,27). The predicted octanol–water partition coefficient (Wildman–Crippen LogP) is 4.23. The van der Waals surface area contributed by atoms with Crippen LogP contribution in [0.3, 0.4) is 0 Å². The average molecular weight is 389 g/mol. The van der Waals surface area contributed by atoms with E-state index in [1.54, 1.807) is 12.1 Å². The summed E-state index contributed by atoms with van der Waals surface area (Å²) in [6.45, 7) is -0.963.